The number of nitrogens with one attached hydrogen (secondary N) is 1. The van der Waals surface area contributed by atoms with Crippen LogP contribution >= 0.6 is 34.5 Å². The van der Waals surface area contributed by atoms with Crippen LogP contribution in [-0.4, -0.2) is 22.5 Å². The number of hydrogen-bond donors (Lipinski definition) is 1. The van der Waals surface area contributed by atoms with Gasteiger partial charge in [0.15, 0.2) is 11.7 Å². The highest BCUT2D eigenvalue weighted by molar-refractivity contribution is 7.14. The molecule has 1 amide bonds. The van der Waals surface area contributed by atoms with Crippen LogP contribution in [-0.2, 0) is 4.79 Å². The largest absolute Gasteiger partial charge is 0.482 e. The van der Waals surface area contributed by atoms with Crippen LogP contribution in [0.4, 0.5) is 5.13 Å². The number of amides is 1. The summed E-state index contributed by atoms with van der Waals surface area (Å²) < 4.78 is 5.38. The van der Waals surface area contributed by atoms with E-state index in [1.807, 2.05) is 23.6 Å². The number of carbonyl (C=O) groups excluding carboxylic acids is 1. The lowest BCUT2D eigenvalue weighted by atomic mass is 10.3. The van der Waals surface area contributed by atoms with Gasteiger partial charge in [-0.05, 0) is 30.3 Å². The van der Waals surface area contributed by atoms with Gasteiger partial charge in [0, 0.05) is 16.6 Å². The minimum Gasteiger partial charge on any atom is -0.482 e. The molecule has 122 valence electrons. The molecule has 0 unspecified atom stereocenters. The Balaban J connectivity index is 1.58. The fourth-order valence-electron chi connectivity index (χ4n) is 1.85. The zero-order chi connectivity index (χ0) is 16.9. The van der Waals surface area contributed by atoms with Crippen LogP contribution in [0.1, 0.15) is 0 Å². The van der Waals surface area contributed by atoms with E-state index >= 15 is 0 Å². The van der Waals surface area contributed by atoms with E-state index in [1.54, 1.807) is 24.4 Å². The van der Waals surface area contributed by atoms with Gasteiger partial charge in [-0.1, -0.05) is 29.3 Å². The highest BCUT2D eigenvalue weighted by atomic mass is 35.5. The Labute approximate surface area is 152 Å². The Bertz CT molecular complexity index is 856. The molecule has 3 rings (SSSR count). The molecule has 0 atom stereocenters. The molecule has 0 saturated heterocycles. The van der Waals surface area contributed by atoms with Crippen molar-refractivity contribution >= 4 is 45.6 Å². The van der Waals surface area contributed by atoms with Gasteiger partial charge >= 0.3 is 0 Å². The number of ether oxygens (including phenoxy) is 1. The molecule has 0 bridgehead atoms. The Kier molecular flexibility index (Phi) is 5.30. The van der Waals surface area contributed by atoms with E-state index in [9.17, 15) is 4.79 Å². The van der Waals surface area contributed by atoms with Gasteiger partial charge in [-0.25, -0.2) is 4.98 Å². The molecular formula is C16H11Cl2N3O2S. The predicted octanol–water partition coefficient (Wildman–Crippen LogP) is 4.53. The van der Waals surface area contributed by atoms with E-state index in [0.717, 1.165) is 5.69 Å². The lowest BCUT2D eigenvalue weighted by Crippen LogP contribution is -2.20. The zero-order valence-corrected chi connectivity index (χ0v) is 14.5. The third-order valence-electron chi connectivity index (χ3n) is 2.93. The average Bonchev–Trinajstić information content (AvgIpc) is 3.03. The van der Waals surface area contributed by atoms with E-state index in [2.05, 4.69) is 15.3 Å². The predicted molar refractivity (Wildman–Crippen MR) is 95.9 cm³/mol. The topological polar surface area (TPSA) is 64.1 Å². The van der Waals surface area contributed by atoms with Crippen LogP contribution in [0, 0.1) is 0 Å². The first-order valence-electron chi connectivity index (χ1n) is 6.86. The number of pyridine rings is 1. The van der Waals surface area contributed by atoms with Crippen molar-refractivity contribution in [3.05, 3.63) is 58.0 Å². The second-order valence-electron chi connectivity index (χ2n) is 4.66. The number of carbonyl (C=O) groups is 1. The second-order valence-corrected chi connectivity index (χ2v) is 6.37. The molecule has 24 heavy (non-hydrogen) atoms. The minimum absolute atomic E-state index is 0.181. The molecule has 3 aromatic rings. The number of thiazole rings is 1. The summed E-state index contributed by atoms with van der Waals surface area (Å²) in [5.41, 5.74) is 1.45. The summed E-state index contributed by atoms with van der Waals surface area (Å²) in [6.45, 7) is -0.181. The van der Waals surface area contributed by atoms with Crippen molar-refractivity contribution in [3.8, 4) is 17.1 Å². The van der Waals surface area contributed by atoms with Crippen molar-refractivity contribution in [1.29, 1.82) is 0 Å². The number of benzene rings is 1. The Morgan fingerprint density at radius 2 is 2.08 bits per heavy atom. The standard InChI is InChI=1S/C16H11Cl2N3O2S/c17-10-4-5-14(11(18)7-10)23-8-15(22)21-16-20-13(9-24-16)12-3-1-2-6-19-12/h1-7,9H,8H2,(H,20,21,22). The fourth-order valence-corrected chi connectivity index (χ4v) is 3.04. The second kappa shape index (κ2) is 7.61. The quantitative estimate of drug-likeness (QED) is 0.707. The molecule has 0 fully saturated rings. The van der Waals surface area contributed by atoms with Gasteiger partial charge < -0.3 is 4.74 Å². The number of aromatic nitrogens is 2. The molecule has 0 aliphatic carbocycles. The molecule has 1 aromatic carbocycles. The summed E-state index contributed by atoms with van der Waals surface area (Å²) in [6.07, 6.45) is 1.69. The summed E-state index contributed by atoms with van der Waals surface area (Å²) in [5, 5.41) is 5.84. The van der Waals surface area contributed by atoms with Gasteiger partial charge in [0.2, 0.25) is 0 Å². The van der Waals surface area contributed by atoms with Crippen LogP contribution in [0.3, 0.4) is 0 Å². The normalized spacial score (nSPS) is 10.4. The van der Waals surface area contributed by atoms with Gasteiger partial charge in [-0.2, -0.15) is 0 Å². The molecular weight excluding hydrogens is 369 g/mol. The summed E-state index contributed by atoms with van der Waals surface area (Å²) in [6, 6.07) is 10.4. The summed E-state index contributed by atoms with van der Waals surface area (Å²) in [7, 11) is 0. The van der Waals surface area contributed by atoms with Gasteiger partial charge in [-0.3, -0.25) is 15.1 Å². The number of nitrogens with zero attached hydrogens (tertiary/aromatic N) is 2. The number of rotatable bonds is 5. The van der Waals surface area contributed by atoms with E-state index in [1.165, 1.54) is 11.3 Å². The first-order valence-corrected chi connectivity index (χ1v) is 8.50. The SMILES string of the molecule is O=C(COc1ccc(Cl)cc1Cl)Nc1nc(-c2ccccn2)cs1. The Morgan fingerprint density at radius 1 is 1.21 bits per heavy atom. The van der Waals surface area contributed by atoms with Crippen molar-refractivity contribution < 1.29 is 9.53 Å². The van der Waals surface area contributed by atoms with E-state index < -0.39 is 0 Å². The number of halogens is 2. The van der Waals surface area contributed by atoms with Crippen molar-refractivity contribution in [3.63, 3.8) is 0 Å². The van der Waals surface area contributed by atoms with Crippen LogP contribution in [0.15, 0.2) is 48.0 Å². The zero-order valence-electron chi connectivity index (χ0n) is 12.2. The molecule has 0 radical (unpaired) electrons. The van der Waals surface area contributed by atoms with E-state index in [0.29, 0.717) is 26.6 Å². The molecule has 8 heteroatoms. The van der Waals surface area contributed by atoms with E-state index in [4.69, 9.17) is 27.9 Å². The Morgan fingerprint density at radius 3 is 2.83 bits per heavy atom. The van der Waals surface area contributed by atoms with Gasteiger partial charge in [0.1, 0.15) is 11.4 Å². The van der Waals surface area contributed by atoms with Crippen molar-refractivity contribution in [2.75, 3.05) is 11.9 Å². The molecule has 0 aliphatic heterocycles. The van der Waals surface area contributed by atoms with Gasteiger partial charge in [0.05, 0.1) is 10.7 Å². The summed E-state index contributed by atoms with van der Waals surface area (Å²) >= 11 is 13.1. The van der Waals surface area contributed by atoms with Crippen LogP contribution in [0.2, 0.25) is 10.0 Å². The molecule has 2 aromatic heterocycles. The third kappa shape index (κ3) is 4.23. The molecule has 0 saturated carbocycles. The third-order valence-corrected chi connectivity index (χ3v) is 4.22. The van der Waals surface area contributed by atoms with E-state index in [-0.39, 0.29) is 12.5 Å². The lowest BCUT2D eigenvalue weighted by molar-refractivity contribution is -0.118. The van der Waals surface area contributed by atoms with Gasteiger partial charge in [-0.15, -0.1) is 11.3 Å². The summed E-state index contributed by atoms with van der Waals surface area (Å²) in [5.74, 6) is 0.0625. The fraction of sp³-hybridized carbons (Fsp3) is 0.0625. The van der Waals surface area contributed by atoms with Crippen molar-refractivity contribution in [1.82, 2.24) is 9.97 Å². The molecule has 1 N–H and O–H groups in total. The molecule has 5 nitrogen and oxygen atoms in total. The molecule has 0 aliphatic rings. The maximum Gasteiger partial charge on any atom is 0.264 e. The maximum atomic E-state index is 12.0. The summed E-state index contributed by atoms with van der Waals surface area (Å²) in [4.78, 5) is 20.5. The average molecular weight is 380 g/mol. The van der Waals surface area contributed by atoms with Crippen LogP contribution < -0.4 is 10.1 Å². The van der Waals surface area contributed by atoms with Gasteiger partial charge in [0.25, 0.3) is 5.91 Å². The molecule has 2 heterocycles. The van der Waals surface area contributed by atoms with Crippen LogP contribution in [0.5, 0.6) is 5.75 Å². The smallest absolute Gasteiger partial charge is 0.264 e. The van der Waals surface area contributed by atoms with Crippen LogP contribution in [0.25, 0.3) is 11.4 Å². The number of hydrogen-bond acceptors (Lipinski definition) is 5. The highest BCUT2D eigenvalue weighted by Gasteiger charge is 2.10. The maximum absolute atomic E-state index is 12.0. The Hall–Kier alpha value is -2.15. The lowest BCUT2D eigenvalue weighted by Gasteiger charge is -2.07. The minimum atomic E-state index is -0.331. The highest BCUT2D eigenvalue weighted by Crippen LogP contribution is 2.27. The first-order chi connectivity index (χ1) is 11.6. The molecule has 0 spiro atoms. The monoisotopic (exact) mass is 379 g/mol. The number of anilines is 1. The van der Waals surface area contributed by atoms with Crippen molar-refractivity contribution in [2.45, 2.75) is 0 Å². The van der Waals surface area contributed by atoms with Crippen molar-refractivity contribution in [2.24, 2.45) is 0 Å². The first kappa shape index (κ1) is 16.7.